The highest BCUT2D eigenvalue weighted by molar-refractivity contribution is 5.88. The van der Waals surface area contributed by atoms with Gasteiger partial charge in [0, 0.05) is 32.8 Å². The second kappa shape index (κ2) is 8.45. The number of aryl methyl sites for hydroxylation is 1. The van der Waals surface area contributed by atoms with Crippen LogP contribution in [0.5, 0.6) is 5.75 Å². The lowest BCUT2D eigenvalue weighted by atomic mass is 10.1. The monoisotopic (exact) mass is 462 g/mol. The minimum absolute atomic E-state index is 0.0985. The number of nitrogens with zero attached hydrogens (tertiary/aromatic N) is 6. The highest BCUT2D eigenvalue weighted by atomic mass is 19.4. The summed E-state index contributed by atoms with van der Waals surface area (Å²) >= 11 is 0. The van der Waals surface area contributed by atoms with Crippen LogP contribution in [0.25, 0.3) is 22.6 Å². The molecule has 3 aromatic rings. The minimum atomic E-state index is -4.81. The van der Waals surface area contributed by atoms with E-state index >= 15 is 0 Å². The summed E-state index contributed by atoms with van der Waals surface area (Å²) in [5.41, 5.74) is 1.43. The number of ether oxygens (including phenoxy) is 2. The molecule has 176 valence electrons. The van der Waals surface area contributed by atoms with Gasteiger partial charge in [-0.2, -0.15) is 0 Å². The first kappa shape index (κ1) is 21.9. The maximum Gasteiger partial charge on any atom is 0.573 e. The first-order valence-corrected chi connectivity index (χ1v) is 10.9. The molecular weight excluding hydrogens is 437 g/mol. The molecule has 2 aliphatic rings. The fourth-order valence-corrected chi connectivity index (χ4v) is 4.43. The van der Waals surface area contributed by atoms with Crippen LogP contribution in [0.1, 0.15) is 18.3 Å². The van der Waals surface area contributed by atoms with Crippen molar-refractivity contribution in [3.05, 3.63) is 30.1 Å². The molecule has 1 aromatic carbocycles. The van der Waals surface area contributed by atoms with E-state index in [4.69, 9.17) is 9.72 Å². The molecule has 2 saturated heterocycles. The Morgan fingerprint density at radius 2 is 1.82 bits per heavy atom. The van der Waals surface area contributed by atoms with Crippen LogP contribution in [0.15, 0.2) is 24.3 Å². The van der Waals surface area contributed by atoms with Gasteiger partial charge in [-0.15, -0.1) is 13.2 Å². The summed E-state index contributed by atoms with van der Waals surface area (Å²) in [4.78, 5) is 18.6. The summed E-state index contributed by atoms with van der Waals surface area (Å²) in [6, 6.07) is 5.97. The number of benzene rings is 1. The summed E-state index contributed by atoms with van der Waals surface area (Å²) < 4.78 is 51.2. The molecule has 11 heteroatoms. The molecule has 1 atom stereocenters. The van der Waals surface area contributed by atoms with Crippen molar-refractivity contribution in [1.29, 1.82) is 0 Å². The van der Waals surface area contributed by atoms with Crippen molar-refractivity contribution < 1.29 is 22.6 Å². The van der Waals surface area contributed by atoms with Crippen LogP contribution in [0.2, 0.25) is 0 Å². The van der Waals surface area contributed by atoms with E-state index in [-0.39, 0.29) is 17.4 Å². The van der Waals surface area contributed by atoms with Gasteiger partial charge in [-0.1, -0.05) is 12.1 Å². The number of piperazine rings is 1. The molecule has 0 saturated carbocycles. The zero-order valence-corrected chi connectivity index (χ0v) is 18.5. The smallest absolute Gasteiger partial charge is 0.405 e. The number of halogens is 3. The number of hydrogen-bond acceptors (Lipinski definition) is 7. The van der Waals surface area contributed by atoms with E-state index in [9.17, 15) is 13.2 Å². The molecule has 8 nitrogen and oxygen atoms in total. The number of alkyl halides is 3. The Bertz CT molecular complexity index is 1150. The Balaban J connectivity index is 1.71. The van der Waals surface area contributed by atoms with Crippen molar-refractivity contribution in [2.75, 3.05) is 51.3 Å². The summed E-state index contributed by atoms with van der Waals surface area (Å²) in [5, 5.41) is 0. The molecule has 2 aliphatic heterocycles. The molecule has 0 N–H and O–H groups in total. The molecule has 2 fully saturated rings. The number of likely N-dealkylation sites (N-methyl/N-ethyl adjacent to an activating group) is 1. The molecule has 5 rings (SSSR count). The van der Waals surface area contributed by atoms with Crippen molar-refractivity contribution >= 4 is 17.0 Å². The van der Waals surface area contributed by atoms with Gasteiger partial charge in [0.2, 0.25) is 0 Å². The van der Waals surface area contributed by atoms with Gasteiger partial charge in [0.25, 0.3) is 0 Å². The van der Waals surface area contributed by atoms with Gasteiger partial charge < -0.3 is 23.8 Å². The van der Waals surface area contributed by atoms with Gasteiger partial charge >= 0.3 is 6.36 Å². The van der Waals surface area contributed by atoms with E-state index in [1.165, 1.54) is 12.1 Å². The Kier molecular flexibility index (Phi) is 5.61. The first-order chi connectivity index (χ1) is 15.8. The number of aromatic nitrogens is 4. The van der Waals surface area contributed by atoms with E-state index < -0.39 is 6.36 Å². The van der Waals surface area contributed by atoms with Crippen LogP contribution in [0.4, 0.5) is 19.0 Å². The Hall–Kier alpha value is -2.92. The zero-order chi connectivity index (χ0) is 23.2. The first-order valence-electron chi connectivity index (χ1n) is 10.9. The maximum atomic E-state index is 13.1. The second-order valence-corrected chi connectivity index (χ2v) is 8.42. The van der Waals surface area contributed by atoms with E-state index in [1.54, 1.807) is 12.1 Å². The lowest BCUT2D eigenvalue weighted by Gasteiger charge is -2.33. The predicted molar refractivity (Wildman–Crippen MR) is 116 cm³/mol. The van der Waals surface area contributed by atoms with Gasteiger partial charge in [-0.25, -0.2) is 15.0 Å². The van der Waals surface area contributed by atoms with Crippen LogP contribution >= 0.6 is 0 Å². The van der Waals surface area contributed by atoms with Crippen LogP contribution in [0.3, 0.4) is 0 Å². The van der Waals surface area contributed by atoms with Crippen LogP contribution in [0, 0.1) is 6.92 Å². The zero-order valence-electron chi connectivity index (χ0n) is 18.5. The lowest BCUT2D eigenvalue weighted by Crippen LogP contribution is -2.45. The van der Waals surface area contributed by atoms with Crippen molar-refractivity contribution in [1.82, 2.24) is 24.4 Å². The number of hydrogen-bond donors (Lipinski definition) is 0. The fourth-order valence-electron chi connectivity index (χ4n) is 4.43. The quantitative estimate of drug-likeness (QED) is 0.589. The predicted octanol–water partition coefficient (Wildman–Crippen LogP) is 3.41. The molecule has 0 amide bonds. The van der Waals surface area contributed by atoms with Gasteiger partial charge in [-0.3, -0.25) is 0 Å². The topological polar surface area (TPSA) is 68.5 Å². The number of para-hydroxylation sites is 1. The molecular formula is C22H25F3N6O2. The van der Waals surface area contributed by atoms with Crippen LogP contribution in [-0.2, 0) is 4.74 Å². The average Bonchev–Trinajstić information content (AvgIpc) is 3.40. The van der Waals surface area contributed by atoms with E-state index in [0.29, 0.717) is 48.3 Å². The number of anilines is 1. The van der Waals surface area contributed by atoms with E-state index in [0.717, 1.165) is 26.2 Å². The third kappa shape index (κ3) is 4.34. The Morgan fingerprint density at radius 3 is 2.52 bits per heavy atom. The second-order valence-electron chi connectivity index (χ2n) is 8.42. The van der Waals surface area contributed by atoms with E-state index in [1.807, 2.05) is 11.5 Å². The molecule has 0 bridgehead atoms. The lowest BCUT2D eigenvalue weighted by molar-refractivity contribution is -0.274. The summed E-state index contributed by atoms with van der Waals surface area (Å²) in [5.74, 6) is 1.36. The van der Waals surface area contributed by atoms with Gasteiger partial charge in [0.15, 0.2) is 17.0 Å². The number of imidazole rings is 1. The maximum absolute atomic E-state index is 13.1. The average molecular weight is 462 g/mol. The molecule has 2 aromatic heterocycles. The Labute approximate surface area is 188 Å². The van der Waals surface area contributed by atoms with Crippen molar-refractivity contribution in [2.45, 2.75) is 25.7 Å². The standard InChI is InChI=1S/C22H25F3N6O2/c1-14-26-20(30-10-8-29(2)9-11-30)18-21(27-14)31(15-7-12-32-13-15)19(28-18)16-5-3-4-6-17(16)33-22(23,24)25/h3-6,15H,7-13H2,1-2H3. The highest BCUT2D eigenvalue weighted by Gasteiger charge is 2.34. The number of rotatable bonds is 4. The number of fused-ring (bicyclic) bond motifs is 1. The highest BCUT2D eigenvalue weighted by Crippen LogP contribution is 2.39. The molecule has 0 radical (unpaired) electrons. The third-order valence-electron chi connectivity index (χ3n) is 6.06. The summed E-state index contributed by atoms with van der Waals surface area (Å²) in [6.07, 6.45) is -4.10. The Morgan fingerprint density at radius 1 is 1.06 bits per heavy atom. The molecule has 0 aliphatic carbocycles. The minimum Gasteiger partial charge on any atom is -0.405 e. The van der Waals surface area contributed by atoms with Gasteiger partial charge in [-0.05, 0) is 32.5 Å². The molecule has 0 spiro atoms. The van der Waals surface area contributed by atoms with Crippen LogP contribution < -0.4 is 9.64 Å². The molecule has 4 heterocycles. The molecule has 33 heavy (non-hydrogen) atoms. The van der Waals surface area contributed by atoms with Gasteiger partial charge in [0.1, 0.15) is 17.4 Å². The van der Waals surface area contributed by atoms with Crippen molar-refractivity contribution in [3.8, 4) is 17.1 Å². The van der Waals surface area contributed by atoms with Gasteiger partial charge in [0.05, 0.1) is 18.2 Å². The third-order valence-corrected chi connectivity index (χ3v) is 6.06. The normalized spacial score (nSPS) is 20.0. The largest absolute Gasteiger partial charge is 0.573 e. The van der Waals surface area contributed by atoms with Crippen molar-refractivity contribution in [3.63, 3.8) is 0 Å². The van der Waals surface area contributed by atoms with Crippen LogP contribution in [-0.4, -0.2) is 77.2 Å². The van der Waals surface area contributed by atoms with Crippen molar-refractivity contribution in [2.24, 2.45) is 0 Å². The summed E-state index contributed by atoms with van der Waals surface area (Å²) in [7, 11) is 2.07. The molecule has 1 unspecified atom stereocenters. The fraction of sp³-hybridized carbons (Fsp3) is 0.500. The van der Waals surface area contributed by atoms with E-state index in [2.05, 4.69) is 31.6 Å². The SMILES string of the molecule is Cc1nc(N2CCN(C)CC2)c2nc(-c3ccccc3OC(F)(F)F)n(C3CCOC3)c2n1. The summed E-state index contributed by atoms with van der Waals surface area (Å²) in [6.45, 7) is 6.16.